The summed E-state index contributed by atoms with van der Waals surface area (Å²) in [5.41, 5.74) is -0.233. The number of Topliss-reactive ketones (excluding diaryl/α,β-unsaturated/α-hetero) is 1. The summed E-state index contributed by atoms with van der Waals surface area (Å²) >= 11 is 3.24. The summed E-state index contributed by atoms with van der Waals surface area (Å²) in [4.78, 5) is 40.4. The highest BCUT2D eigenvalue weighted by Gasteiger charge is 2.19. The average molecular weight is 357 g/mol. The van der Waals surface area contributed by atoms with Crippen LogP contribution in [0.5, 0.6) is 0 Å². The number of aryl methyl sites for hydroxylation is 1. The molecule has 114 valence electrons. The number of imidazole rings is 1. The Hall–Kier alpha value is -1.70. The van der Waals surface area contributed by atoms with E-state index in [-0.39, 0.29) is 29.2 Å². The quantitative estimate of drug-likeness (QED) is 0.750. The van der Waals surface area contributed by atoms with Gasteiger partial charge in [0.15, 0.2) is 15.9 Å². The number of halogens is 1. The Bertz CT molecular complexity index is 815. The minimum absolute atomic E-state index is 0.0400. The number of carbonyl (C=O) groups excluding carboxylic acids is 1. The summed E-state index contributed by atoms with van der Waals surface area (Å²) in [5, 5.41) is 0. The Labute approximate surface area is 129 Å². The van der Waals surface area contributed by atoms with E-state index in [1.54, 1.807) is 7.05 Å². The molecule has 2 rings (SSSR count). The van der Waals surface area contributed by atoms with Crippen LogP contribution >= 0.6 is 15.9 Å². The lowest BCUT2D eigenvalue weighted by Gasteiger charge is -2.08. The van der Waals surface area contributed by atoms with Crippen molar-refractivity contribution in [1.29, 1.82) is 0 Å². The summed E-state index contributed by atoms with van der Waals surface area (Å²) in [6, 6.07) is 0. The van der Waals surface area contributed by atoms with E-state index in [9.17, 15) is 14.4 Å². The minimum Gasteiger partial charge on any atom is -0.305 e. The third-order valence-electron chi connectivity index (χ3n) is 3.30. The molecule has 0 radical (unpaired) electrons. The van der Waals surface area contributed by atoms with Crippen molar-refractivity contribution < 1.29 is 4.79 Å². The molecule has 0 fully saturated rings. The number of ketones is 1. The fourth-order valence-corrected chi connectivity index (χ4v) is 2.70. The molecule has 2 heterocycles. The Morgan fingerprint density at radius 1 is 1.29 bits per heavy atom. The number of hydrogen-bond donors (Lipinski definition) is 0. The molecule has 0 aliphatic carbocycles. The second-order valence-corrected chi connectivity index (χ2v) is 5.70. The van der Waals surface area contributed by atoms with Gasteiger partial charge >= 0.3 is 5.69 Å². The van der Waals surface area contributed by atoms with Gasteiger partial charge in [-0.2, -0.15) is 0 Å². The molecule has 0 aliphatic heterocycles. The lowest BCUT2D eigenvalue weighted by atomic mass is 10.3. The molecule has 8 heteroatoms. The molecule has 0 unspecified atom stereocenters. The van der Waals surface area contributed by atoms with Gasteiger partial charge in [0.05, 0.1) is 6.54 Å². The van der Waals surface area contributed by atoms with Gasteiger partial charge in [0, 0.05) is 13.6 Å². The Kier molecular flexibility index (Phi) is 4.46. The highest BCUT2D eigenvalue weighted by molar-refractivity contribution is 9.10. The van der Waals surface area contributed by atoms with Gasteiger partial charge < -0.3 is 4.57 Å². The lowest BCUT2D eigenvalue weighted by Crippen LogP contribution is -2.39. The molecule has 2 aromatic heterocycles. The summed E-state index contributed by atoms with van der Waals surface area (Å²) in [7, 11) is 1.57. The fourth-order valence-electron chi connectivity index (χ4n) is 2.23. The van der Waals surface area contributed by atoms with Crippen molar-refractivity contribution in [3.63, 3.8) is 0 Å². The molecule has 0 aliphatic rings. The zero-order valence-corrected chi connectivity index (χ0v) is 13.8. The van der Waals surface area contributed by atoms with Crippen molar-refractivity contribution in [2.24, 2.45) is 7.05 Å². The molecule has 7 nitrogen and oxygen atoms in total. The number of hydrogen-bond acceptors (Lipinski definition) is 4. The Morgan fingerprint density at radius 3 is 2.52 bits per heavy atom. The molecule has 0 bridgehead atoms. The van der Waals surface area contributed by atoms with E-state index < -0.39 is 5.56 Å². The van der Waals surface area contributed by atoms with Crippen LogP contribution in [0, 0.1) is 0 Å². The number of unbranched alkanes of at least 4 members (excludes halogenated alkanes) is 1. The van der Waals surface area contributed by atoms with Gasteiger partial charge in [-0.1, -0.05) is 13.3 Å². The number of rotatable bonds is 5. The van der Waals surface area contributed by atoms with Crippen LogP contribution in [-0.2, 0) is 24.9 Å². The van der Waals surface area contributed by atoms with Gasteiger partial charge in [0.1, 0.15) is 5.78 Å². The summed E-state index contributed by atoms with van der Waals surface area (Å²) in [5.74, 6) is -0.0941. The SMILES string of the molecule is CCCCn1c(=O)c2c(nc(Br)n2CC(C)=O)n(C)c1=O. The van der Waals surface area contributed by atoms with Crippen LogP contribution in [0.3, 0.4) is 0 Å². The van der Waals surface area contributed by atoms with Gasteiger partial charge in [-0.25, -0.2) is 9.78 Å². The standard InChI is InChI=1S/C13H17BrN4O3/c1-4-5-6-17-11(20)9-10(16(3)13(17)21)15-12(14)18(9)7-8(2)19/h4-7H2,1-3H3. The van der Waals surface area contributed by atoms with Gasteiger partial charge in [0.2, 0.25) is 0 Å². The van der Waals surface area contributed by atoms with E-state index in [0.29, 0.717) is 11.3 Å². The van der Waals surface area contributed by atoms with Crippen LogP contribution < -0.4 is 11.2 Å². The van der Waals surface area contributed by atoms with Crippen LogP contribution in [0.25, 0.3) is 11.2 Å². The van der Waals surface area contributed by atoms with Crippen LogP contribution in [-0.4, -0.2) is 24.5 Å². The lowest BCUT2D eigenvalue weighted by molar-refractivity contribution is -0.117. The maximum absolute atomic E-state index is 12.6. The van der Waals surface area contributed by atoms with E-state index in [2.05, 4.69) is 20.9 Å². The van der Waals surface area contributed by atoms with Gasteiger partial charge in [-0.05, 0) is 29.3 Å². The van der Waals surface area contributed by atoms with Gasteiger partial charge in [-0.15, -0.1) is 0 Å². The average Bonchev–Trinajstić information content (AvgIpc) is 2.73. The molecule has 2 aromatic rings. The minimum atomic E-state index is -0.402. The molecule has 0 saturated heterocycles. The van der Waals surface area contributed by atoms with E-state index in [1.165, 1.54) is 20.6 Å². The topological polar surface area (TPSA) is 78.9 Å². The number of carbonyl (C=O) groups is 1. The monoisotopic (exact) mass is 356 g/mol. The van der Waals surface area contributed by atoms with Crippen molar-refractivity contribution in [2.75, 3.05) is 0 Å². The van der Waals surface area contributed by atoms with Gasteiger partial charge in [-0.3, -0.25) is 18.7 Å². The van der Waals surface area contributed by atoms with E-state index in [1.807, 2.05) is 6.92 Å². The molecule has 0 saturated carbocycles. The van der Waals surface area contributed by atoms with E-state index in [0.717, 1.165) is 12.8 Å². The Balaban J connectivity index is 2.82. The second kappa shape index (κ2) is 5.97. The predicted octanol–water partition coefficient (Wildman–Crippen LogP) is 1.05. The van der Waals surface area contributed by atoms with Crippen LogP contribution in [0.2, 0.25) is 0 Å². The normalized spacial score (nSPS) is 11.2. The molecule has 21 heavy (non-hydrogen) atoms. The van der Waals surface area contributed by atoms with Crippen LogP contribution in [0.15, 0.2) is 14.3 Å². The Morgan fingerprint density at radius 2 is 1.95 bits per heavy atom. The molecule has 0 aromatic carbocycles. The number of nitrogens with zero attached hydrogens (tertiary/aromatic N) is 4. The molecular formula is C13H17BrN4O3. The third kappa shape index (κ3) is 2.72. The second-order valence-electron chi connectivity index (χ2n) is 4.99. The van der Waals surface area contributed by atoms with Crippen molar-refractivity contribution >= 4 is 32.9 Å². The zero-order valence-electron chi connectivity index (χ0n) is 12.2. The van der Waals surface area contributed by atoms with Crippen molar-refractivity contribution in [2.45, 2.75) is 39.8 Å². The predicted molar refractivity (Wildman–Crippen MR) is 82.5 cm³/mol. The highest BCUT2D eigenvalue weighted by Crippen LogP contribution is 2.16. The maximum atomic E-state index is 12.6. The van der Waals surface area contributed by atoms with Gasteiger partial charge in [0.25, 0.3) is 5.56 Å². The van der Waals surface area contributed by atoms with Crippen molar-refractivity contribution in [1.82, 2.24) is 18.7 Å². The maximum Gasteiger partial charge on any atom is 0.332 e. The van der Waals surface area contributed by atoms with Crippen molar-refractivity contribution in [3.05, 3.63) is 25.6 Å². The number of fused-ring (bicyclic) bond motifs is 1. The smallest absolute Gasteiger partial charge is 0.305 e. The third-order valence-corrected chi connectivity index (χ3v) is 3.91. The van der Waals surface area contributed by atoms with E-state index in [4.69, 9.17) is 0 Å². The first-order valence-electron chi connectivity index (χ1n) is 6.73. The summed E-state index contributed by atoms with van der Waals surface area (Å²) in [6.07, 6.45) is 1.62. The van der Waals surface area contributed by atoms with Crippen LogP contribution in [0.4, 0.5) is 0 Å². The highest BCUT2D eigenvalue weighted by atomic mass is 79.9. The molecule has 0 spiro atoms. The molecular weight excluding hydrogens is 340 g/mol. The van der Waals surface area contributed by atoms with E-state index >= 15 is 0 Å². The largest absolute Gasteiger partial charge is 0.332 e. The number of aromatic nitrogens is 4. The molecule has 0 amide bonds. The van der Waals surface area contributed by atoms with Crippen LogP contribution in [0.1, 0.15) is 26.7 Å². The summed E-state index contributed by atoms with van der Waals surface area (Å²) < 4.78 is 4.42. The summed E-state index contributed by atoms with van der Waals surface area (Å²) in [6.45, 7) is 3.83. The molecule has 0 N–H and O–H groups in total. The fraction of sp³-hybridized carbons (Fsp3) is 0.538. The van der Waals surface area contributed by atoms with Crippen molar-refractivity contribution in [3.8, 4) is 0 Å². The first-order chi connectivity index (χ1) is 9.88. The molecule has 0 atom stereocenters. The first-order valence-corrected chi connectivity index (χ1v) is 7.52. The zero-order chi connectivity index (χ0) is 15.7. The first kappa shape index (κ1) is 15.7.